The van der Waals surface area contributed by atoms with Crippen LogP contribution in [0.5, 0.6) is 5.75 Å². The summed E-state index contributed by atoms with van der Waals surface area (Å²) in [6, 6.07) is 1.03. The third-order valence-corrected chi connectivity index (χ3v) is 3.89. The van der Waals surface area contributed by atoms with Gasteiger partial charge in [0.2, 0.25) is 0 Å². The normalized spacial score (nSPS) is 17.2. The molecule has 1 aliphatic heterocycles. The topological polar surface area (TPSA) is 111 Å². The Morgan fingerprint density at radius 1 is 1.42 bits per heavy atom. The van der Waals surface area contributed by atoms with Gasteiger partial charge in [-0.25, -0.2) is 9.59 Å². The van der Waals surface area contributed by atoms with Gasteiger partial charge in [0, 0.05) is 30.4 Å². The minimum absolute atomic E-state index is 0.0609. The zero-order valence-electron chi connectivity index (χ0n) is 14.0. The van der Waals surface area contributed by atoms with Crippen LogP contribution in [-0.4, -0.2) is 42.6 Å². The highest BCUT2D eigenvalue weighted by atomic mass is 19.3. The summed E-state index contributed by atoms with van der Waals surface area (Å²) in [6.45, 7) is -1.74. The van der Waals surface area contributed by atoms with E-state index in [2.05, 4.69) is 10.1 Å². The number of rotatable bonds is 5. The molecule has 0 aromatic heterocycles. The van der Waals surface area contributed by atoms with E-state index in [1.807, 2.05) is 0 Å². The van der Waals surface area contributed by atoms with Gasteiger partial charge in [0.25, 0.3) is 5.69 Å². The van der Waals surface area contributed by atoms with E-state index in [1.54, 1.807) is 0 Å². The van der Waals surface area contributed by atoms with Crippen molar-refractivity contribution >= 4 is 17.7 Å². The number of urea groups is 1. The van der Waals surface area contributed by atoms with Gasteiger partial charge in [-0.05, 0) is 13.0 Å². The first-order valence-corrected chi connectivity index (χ1v) is 7.23. The summed E-state index contributed by atoms with van der Waals surface area (Å²) in [5, 5.41) is 13.5. The molecule has 1 aromatic carbocycles. The van der Waals surface area contributed by atoms with Gasteiger partial charge in [-0.2, -0.15) is 8.78 Å². The van der Waals surface area contributed by atoms with Crippen LogP contribution in [-0.2, 0) is 9.53 Å². The SMILES string of the molecule is COC(=O)C1=C(C)N(C)C(=O)N[C@H]1c1cc([N+](=O)[O-])ccc1OC(F)F. The van der Waals surface area contributed by atoms with Gasteiger partial charge in [-0.3, -0.25) is 10.1 Å². The van der Waals surface area contributed by atoms with Gasteiger partial charge in [0.15, 0.2) is 0 Å². The fraction of sp³-hybridized carbons (Fsp3) is 0.333. The van der Waals surface area contributed by atoms with Crippen molar-refractivity contribution in [3.05, 3.63) is 45.1 Å². The zero-order valence-corrected chi connectivity index (χ0v) is 14.0. The van der Waals surface area contributed by atoms with E-state index in [-0.39, 0.29) is 16.8 Å². The minimum Gasteiger partial charge on any atom is -0.466 e. The van der Waals surface area contributed by atoms with Gasteiger partial charge in [0.1, 0.15) is 5.75 Å². The van der Waals surface area contributed by atoms with Gasteiger partial charge < -0.3 is 19.7 Å². The molecule has 11 heteroatoms. The molecule has 26 heavy (non-hydrogen) atoms. The first-order valence-electron chi connectivity index (χ1n) is 7.23. The Hall–Kier alpha value is -3.24. The summed E-state index contributed by atoms with van der Waals surface area (Å²) < 4.78 is 34.5. The van der Waals surface area contributed by atoms with Crippen molar-refractivity contribution < 1.29 is 32.8 Å². The van der Waals surface area contributed by atoms with Crippen molar-refractivity contribution in [2.45, 2.75) is 19.6 Å². The third kappa shape index (κ3) is 3.55. The van der Waals surface area contributed by atoms with Crippen LogP contribution < -0.4 is 10.1 Å². The Labute approximate surface area is 146 Å². The number of ether oxygens (including phenoxy) is 2. The molecule has 1 aliphatic rings. The molecular weight excluding hydrogens is 356 g/mol. The number of carbonyl (C=O) groups excluding carboxylic acids is 2. The second-order valence-electron chi connectivity index (χ2n) is 5.29. The number of esters is 1. The molecule has 2 amide bonds. The lowest BCUT2D eigenvalue weighted by Gasteiger charge is -2.33. The van der Waals surface area contributed by atoms with Crippen LogP contribution in [0.1, 0.15) is 18.5 Å². The summed E-state index contributed by atoms with van der Waals surface area (Å²) in [7, 11) is 2.51. The fourth-order valence-electron chi connectivity index (χ4n) is 2.52. The number of non-ortho nitro benzene ring substituents is 1. The van der Waals surface area contributed by atoms with Crippen molar-refractivity contribution in [2.75, 3.05) is 14.2 Å². The molecule has 2 rings (SSSR count). The van der Waals surface area contributed by atoms with E-state index in [0.717, 1.165) is 30.2 Å². The molecule has 0 spiro atoms. The number of nitrogens with zero attached hydrogens (tertiary/aromatic N) is 2. The molecular formula is C15H15F2N3O6. The van der Waals surface area contributed by atoms with E-state index in [4.69, 9.17) is 4.74 Å². The number of halogens is 2. The Morgan fingerprint density at radius 2 is 2.08 bits per heavy atom. The molecule has 0 aliphatic carbocycles. The van der Waals surface area contributed by atoms with E-state index >= 15 is 0 Å². The monoisotopic (exact) mass is 371 g/mol. The summed E-state index contributed by atoms with van der Waals surface area (Å²) in [5.41, 5.74) is -0.438. The zero-order chi connectivity index (χ0) is 19.6. The van der Waals surface area contributed by atoms with Gasteiger partial charge in [-0.1, -0.05) is 0 Å². The van der Waals surface area contributed by atoms with Crippen LogP contribution >= 0.6 is 0 Å². The summed E-state index contributed by atoms with van der Waals surface area (Å²) in [5.74, 6) is -1.23. The lowest BCUT2D eigenvalue weighted by Crippen LogP contribution is -2.46. The Balaban J connectivity index is 2.69. The molecule has 1 heterocycles. The summed E-state index contributed by atoms with van der Waals surface area (Å²) >= 11 is 0. The molecule has 1 atom stereocenters. The second-order valence-corrected chi connectivity index (χ2v) is 5.29. The molecule has 0 radical (unpaired) electrons. The molecule has 140 valence electrons. The number of nitrogens with one attached hydrogen (secondary N) is 1. The van der Waals surface area contributed by atoms with Crippen molar-refractivity contribution in [3.63, 3.8) is 0 Å². The van der Waals surface area contributed by atoms with Crippen LogP contribution in [0.25, 0.3) is 0 Å². The minimum atomic E-state index is -3.20. The van der Waals surface area contributed by atoms with E-state index in [0.29, 0.717) is 0 Å². The van der Waals surface area contributed by atoms with Crippen molar-refractivity contribution in [3.8, 4) is 5.75 Å². The van der Waals surface area contributed by atoms with Crippen LogP contribution in [0, 0.1) is 10.1 Å². The largest absolute Gasteiger partial charge is 0.466 e. The Kier molecular flexibility index (Phi) is 5.38. The third-order valence-electron chi connectivity index (χ3n) is 3.89. The number of amides is 2. The number of nitro groups is 1. The molecule has 9 nitrogen and oxygen atoms in total. The average Bonchev–Trinajstić information content (AvgIpc) is 2.58. The number of hydrogen-bond acceptors (Lipinski definition) is 6. The molecule has 1 aromatic rings. The number of benzene rings is 1. The molecule has 0 unspecified atom stereocenters. The Morgan fingerprint density at radius 3 is 2.62 bits per heavy atom. The number of alkyl halides is 2. The molecule has 0 saturated heterocycles. The summed E-state index contributed by atoms with van der Waals surface area (Å²) in [6.07, 6.45) is 0. The molecule has 0 fully saturated rings. The predicted molar refractivity (Wildman–Crippen MR) is 83.5 cm³/mol. The maximum absolute atomic E-state index is 12.7. The van der Waals surface area contributed by atoms with Crippen LogP contribution in [0.3, 0.4) is 0 Å². The highest BCUT2D eigenvalue weighted by molar-refractivity contribution is 5.95. The quantitative estimate of drug-likeness (QED) is 0.483. The van der Waals surface area contributed by atoms with E-state index in [1.165, 1.54) is 14.0 Å². The van der Waals surface area contributed by atoms with Crippen molar-refractivity contribution in [2.24, 2.45) is 0 Å². The first kappa shape index (κ1) is 19.1. The van der Waals surface area contributed by atoms with Crippen LogP contribution in [0.4, 0.5) is 19.3 Å². The van der Waals surface area contributed by atoms with Gasteiger partial charge >= 0.3 is 18.6 Å². The predicted octanol–water partition coefficient (Wildman–Crippen LogP) is 2.34. The smallest absolute Gasteiger partial charge is 0.387 e. The fourth-order valence-corrected chi connectivity index (χ4v) is 2.52. The van der Waals surface area contributed by atoms with E-state index in [9.17, 15) is 28.5 Å². The lowest BCUT2D eigenvalue weighted by atomic mass is 9.94. The molecule has 0 bridgehead atoms. The number of hydrogen-bond donors (Lipinski definition) is 1. The van der Waals surface area contributed by atoms with Gasteiger partial charge in [-0.15, -0.1) is 0 Å². The first-order chi connectivity index (χ1) is 12.2. The number of allylic oxidation sites excluding steroid dienone is 1. The van der Waals surface area contributed by atoms with Crippen molar-refractivity contribution in [1.29, 1.82) is 0 Å². The van der Waals surface area contributed by atoms with Gasteiger partial charge in [0.05, 0.1) is 23.6 Å². The molecule has 0 saturated carbocycles. The highest BCUT2D eigenvalue weighted by Crippen LogP contribution is 2.37. The van der Waals surface area contributed by atoms with Crippen LogP contribution in [0.2, 0.25) is 0 Å². The number of nitro benzene ring substituents is 1. The average molecular weight is 371 g/mol. The maximum atomic E-state index is 12.7. The van der Waals surface area contributed by atoms with Crippen molar-refractivity contribution in [1.82, 2.24) is 10.2 Å². The maximum Gasteiger partial charge on any atom is 0.387 e. The lowest BCUT2D eigenvalue weighted by molar-refractivity contribution is -0.385. The summed E-state index contributed by atoms with van der Waals surface area (Å²) in [4.78, 5) is 35.7. The number of methoxy groups -OCH3 is 1. The highest BCUT2D eigenvalue weighted by Gasteiger charge is 2.37. The second kappa shape index (κ2) is 7.33. The molecule has 1 N–H and O–H groups in total. The number of carbonyl (C=O) groups is 2. The van der Waals surface area contributed by atoms with E-state index < -0.39 is 41.0 Å². The van der Waals surface area contributed by atoms with Crippen LogP contribution in [0.15, 0.2) is 29.5 Å². The standard InChI is InChI=1S/C15H15F2N3O6/c1-7-11(13(21)25-3)12(18-15(22)19(7)2)9-6-8(20(23)24)4-5-10(9)26-14(16)17/h4-6,12,14H,1-3H3,(H,18,22)/t12-/m0/s1. The Bertz CT molecular complexity index is 796.